The number of aryl methyl sites for hydroxylation is 1. The van der Waals surface area contributed by atoms with Crippen molar-refractivity contribution in [3.63, 3.8) is 0 Å². The number of rotatable bonds is 7. The molecule has 134 valence electrons. The van der Waals surface area contributed by atoms with Crippen molar-refractivity contribution in [3.05, 3.63) is 40.7 Å². The van der Waals surface area contributed by atoms with E-state index in [0.717, 1.165) is 42.3 Å². The summed E-state index contributed by atoms with van der Waals surface area (Å²) in [7, 11) is 1.89. The van der Waals surface area contributed by atoms with E-state index in [1.165, 1.54) is 12.8 Å². The molecule has 0 aliphatic carbocycles. The molecule has 1 amide bonds. The molecule has 0 radical (unpaired) electrons. The Labute approximate surface area is 153 Å². The Balaban J connectivity index is 1.43. The fourth-order valence-corrected chi connectivity index (χ4v) is 3.88. The molecule has 0 bridgehead atoms. The first kappa shape index (κ1) is 18.1. The van der Waals surface area contributed by atoms with E-state index in [9.17, 15) is 4.79 Å². The second-order valence-corrected chi connectivity index (χ2v) is 7.53. The van der Waals surface area contributed by atoms with E-state index < -0.39 is 0 Å². The minimum absolute atomic E-state index is 0.187. The summed E-state index contributed by atoms with van der Waals surface area (Å²) in [5, 5.41) is 3.09. The average molecular weight is 359 g/mol. The molecule has 25 heavy (non-hydrogen) atoms. The molecular formula is C20H26N2O2S. The maximum atomic E-state index is 12.3. The van der Waals surface area contributed by atoms with Crippen molar-refractivity contribution in [2.75, 3.05) is 20.2 Å². The number of hydrogen-bond donors (Lipinski definition) is 0. The summed E-state index contributed by atoms with van der Waals surface area (Å²) >= 11 is 1.63. The third-order valence-electron chi connectivity index (χ3n) is 4.66. The molecule has 1 aliphatic heterocycles. The standard InChI is InChI=1S/C20H26N2O2S/c1-22(13-12-17-9-5-6-14-24-17)20(23)11-10-19-21-18(15-25-19)16-7-3-2-4-8-16/h2-4,7-8,15,17H,5-6,9-14H2,1H3. The van der Waals surface area contributed by atoms with E-state index in [1.807, 2.05) is 30.1 Å². The van der Waals surface area contributed by atoms with Gasteiger partial charge in [-0.15, -0.1) is 11.3 Å². The van der Waals surface area contributed by atoms with E-state index in [1.54, 1.807) is 11.3 Å². The number of hydrogen-bond acceptors (Lipinski definition) is 4. The lowest BCUT2D eigenvalue weighted by Gasteiger charge is -2.25. The van der Waals surface area contributed by atoms with Crippen molar-refractivity contribution in [2.24, 2.45) is 0 Å². The molecule has 1 fully saturated rings. The van der Waals surface area contributed by atoms with Crippen molar-refractivity contribution >= 4 is 17.2 Å². The molecule has 0 spiro atoms. The Kier molecular flexibility index (Phi) is 6.59. The summed E-state index contributed by atoms with van der Waals surface area (Å²) in [6.45, 7) is 1.65. The third-order valence-corrected chi connectivity index (χ3v) is 5.57. The quantitative estimate of drug-likeness (QED) is 0.746. The van der Waals surface area contributed by atoms with Crippen LogP contribution in [0.1, 0.15) is 37.1 Å². The fraction of sp³-hybridized carbons (Fsp3) is 0.500. The number of nitrogens with zero attached hydrogens (tertiary/aromatic N) is 2. The lowest BCUT2D eigenvalue weighted by atomic mass is 10.1. The van der Waals surface area contributed by atoms with E-state index in [4.69, 9.17) is 4.74 Å². The molecule has 1 aromatic carbocycles. The van der Waals surface area contributed by atoms with Crippen LogP contribution in [0.25, 0.3) is 11.3 Å². The van der Waals surface area contributed by atoms with Gasteiger partial charge in [0.05, 0.1) is 16.8 Å². The Morgan fingerprint density at radius 1 is 1.32 bits per heavy atom. The first-order valence-corrected chi connectivity index (χ1v) is 9.96. The Hall–Kier alpha value is -1.72. The zero-order chi connectivity index (χ0) is 17.5. The monoisotopic (exact) mass is 358 g/mol. The Bertz CT molecular complexity index is 665. The maximum absolute atomic E-state index is 12.3. The summed E-state index contributed by atoms with van der Waals surface area (Å²) in [6, 6.07) is 10.2. The SMILES string of the molecule is CN(CCC1CCCCO1)C(=O)CCc1nc(-c2ccccc2)cs1. The zero-order valence-electron chi connectivity index (χ0n) is 14.8. The van der Waals surface area contributed by atoms with Gasteiger partial charge in [-0.1, -0.05) is 30.3 Å². The van der Waals surface area contributed by atoms with Gasteiger partial charge in [-0.3, -0.25) is 4.79 Å². The number of aromatic nitrogens is 1. The molecule has 1 unspecified atom stereocenters. The van der Waals surface area contributed by atoms with Gasteiger partial charge in [0.2, 0.25) is 5.91 Å². The summed E-state index contributed by atoms with van der Waals surface area (Å²) in [5.41, 5.74) is 2.12. The van der Waals surface area contributed by atoms with E-state index in [2.05, 4.69) is 22.5 Å². The van der Waals surface area contributed by atoms with Gasteiger partial charge in [0.1, 0.15) is 0 Å². The molecule has 1 atom stereocenters. The van der Waals surface area contributed by atoms with E-state index in [-0.39, 0.29) is 5.91 Å². The van der Waals surface area contributed by atoms with Crippen molar-refractivity contribution in [3.8, 4) is 11.3 Å². The summed E-state index contributed by atoms with van der Waals surface area (Å²) in [4.78, 5) is 18.8. The predicted molar refractivity (Wildman–Crippen MR) is 102 cm³/mol. The van der Waals surface area contributed by atoms with E-state index >= 15 is 0 Å². The minimum atomic E-state index is 0.187. The highest BCUT2D eigenvalue weighted by Crippen LogP contribution is 2.22. The predicted octanol–water partition coefficient (Wildman–Crippen LogP) is 4.16. The molecule has 5 heteroatoms. The second kappa shape index (κ2) is 9.11. The number of carbonyl (C=O) groups is 1. The first-order chi connectivity index (χ1) is 12.2. The molecule has 3 rings (SSSR count). The van der Waals surface area contributed by atoms with Gasteiger partial charge in [-0.25, -0.2) is 4.98 Å². The summed E-state index contributed by atoms with van der Waals surface area (Å²) in [5.74, 6) is 0.187. The van der Waals surface area contributed by atoms with Crippen LogP contribution in [0.15, 0.2) is 35.7 Å². The van der Waals surface area contributed by atoms with Gasteiger partial charge in [-0.05, 0) is 25.7 Å². The molecule has 2 heterocycles. The van der Waals surface area contributed by atoms with Gasteiger partial charge in [0, 0.05) is 44.0 Å². The molecule has 1 aliphatic rings. The summed E-state index contributed by atoms with van der Waals surface area (Å²) in [6.07, 6.45) is 6.04. The topological polar surface area (TPSA) is 42.4 Å². The minimum Gasteiger partial charge on any atom is -0.378 e. The van der Waals surface area contributed by atoms with Crippen LogP contribution in [0, 0.1) is 0 Å². The van der Waals surface area contributed by atoms with Crippen LogP contribution in [0.5, 0.6) is 0 Å². The molecule has 0 saturated carbocycles. The number of ether oxygens (including phenoxy) is 1. The maximum Gasteiger partial charge on any atom is 0.222 e. The van der Waals surface area contributed by atoms with E-state index in [0.29, 0.717) is 18.9 Å². The smallest absolute Gasteiger partial charge is 0.222 e. The highest BCUT2D eigenvalue weighted by molar-refractivity contribution is 7.09. The number of carbonyl (C=O) groups excluding carboxylic acids is 1. The molecule has 1 saturated heterocycles. The van der Waals surface area contributed by atoms with Crippen molar-refractivity contribution < 1.29 is 9.53 Å². The molecular weight excluding hydrogens is 332 g/mol. The van der Waals surface area contributed by atoms with Gasteiger partial charge in [-0.2, -0.15) is 0 Å². The number of thiazole rings is 1. The van der Waals surface area contributed by atoms with Gasteiger partial charge >= 0.3 is 0 Å². The lowest BCUT2D eigenvalue weighted by Crippen LogP contribution is -2.31. The molecule has 1 aromatic heterocycles. The van der Waals surface area contributed by atoms with Crippen LogP contribution in [-0.2, 0) is 16.0 Å². The Morgan fingerprint density at radius 2 is 2.16 bits per heavy atom. The highest BCUT2D eigenvalue weighted by atomic mass is 32.1. The van der Waals surface area contributed by atoms with Gasteiger partial charge in [0.15, 0.2) is 0 Å². The van der Waals surface area contributed by atoms with Crippen molar-refractivity contribution in [1.29, 1.82) is 0 Å². The lowest BCUT2D eigenvalue weighted by molar-refractivity contribution is -0.130. The van der Waals surface area contributed by atoms with Crippen LogP contribution in [0.2, 0.25) is 0 Å². The van der Waals surface area contributed by atoms with Crippen molar-refractivity contribution in [2.45, 2.75) is 44.6 Å². The number of benzene rings is 1. The van der Waals surface area contributed by atoms with Crippen LogP contribution in [0.3, 0.4) is 0 Å². The third kappa shape index (κ3) is 5.38. The van der Waals surface area contributed by atoms with Crippen LogP contribution >= 0.6 is 11.3 Å². The zero-order valence-corrected chi connectivity index (χ0v) is 15.6. The normalized spacial score (nSPS) is 17.4. The van der Waals surface area contributed by atoms with Crippen LogP contribution in [0.4, 0.5) is 0 Å². The van der Waals surface area contributed by atoms with Gasteiger partial charge in [0.25, 0.3) is 0 Å². The van der Waals surface area contributed by atoms with Crippen LogP contribution in [-0.4, -0.2) is 42.1 Å². The summed E-state index contributed by atoms with van der Waals surface area (Å²) < 4.78 is 5.74. The molecule has 4 nitrogen and oxygen atoms in total. The fourth-order valence-electron chi connectivity index (χ4n) is 3.07. The molecule has 0 N–H and O–H groups in total. The van der Waals surface area contributed by atoms with Crippen molar-refractivity contribution in [1.82, 2.24) is 9.88 Å². The van der Waals surface area contributed by atoms with Crippen LogP contribution < -0.4 is 0 Å². The first-order valence-electron chi connectivity index (χ1n) is 9.08. The highest BCUT2D eigenvalue weighted by Gasteiger charge is 2.16. The van der Waals surface area contributed by atoms with Gasteiger partial charge < -0.3 is 9.64 Å². The largest absolute Gasteiger partial charge is 0.378 e. The average Bonchev–Trinajstić information content (AvgIpc) is 3.15. The molecule has 2 aromatic rings. The Morgan fingerprint density at radius 3 is 2.92 bits per heavy atom. The number of amides is 1. The second-order valence-electron chi connectivity index (χ2n) is 6.59.